The number of carbonyl (C=O) groups excluding carboxylic acids is 2. The second kappa shape index (κ2) is 9.76. The zero-order chi connectivity index (χ0) is 19.8. The SMILES string of the molecule is CCOC(=O)C(Cc1ccccc1)NC(=O)C(C)Oc1c(C)cccc1C. The maximum Gasteiger partial charge on any atom is 0.328 e. The van der Waals surface area contributed by atoms with Gasteiger partial charge in [-0.3, -0.25) is 4.79 Å². The molecular weight excluding hydrogens is 342 g/mol. The van der Waals surface area contributed by atoms with Crippen molar-refractivity contribution in [2.45, 2.75) is 46.3 Å². The smallest absolute Gasteiger partial charge is 0.328 e. The van der Waals surface area contributed by atoms with E-state index < -0.39 is 18.1 Å². The summed E-state index contributed by atoms with van der Waals surface area (Å²) in [4.78, 5) is 24.9. The van der Waals surface area contributed by atoms with Crippen LogP contribution in [0.4, 0.5) is 0 Å². The van der Waals surface area contributed by atoms with E-state index in [0.717, 1.165) is 16.7 Å². The van der Waals surface area contributed by atoms with E-state index in [0.29, 0.717) is 12.2 Å². The molecule has 0 aliphatic heterocycles. The lowest BCUT2D eigenvalue weighted by atomic mass is 10.1. The van der Waals surface area contributed by atoms with E-state index in [1.165, 1.54) is 0 Å². The van der Waals surface area contributed by atoms with Gasteiger partial charge in [-0.05, 0) is 44.4 Å². The predicted molar refractivity (Wildman–Crippen MR) is 105 cm³/mol. The Hall–Kier alpha value is -2.82. The summed E-state index contributed by atoms with van der Waals surface area (Å²) >= 11 is 0. The van der Waals surface area contributed by atoms with Gasteiger partial charge in [-0.25, -0.2) is 4.79 Å². The number of para-hydroxylation sites is 1. The first-order valence-corrected chi connectivity index (χ1v) is 9.16. The van der Waals surface area contributed by atoms with Crippen molar-refractivity contribution in [1.29, 1.82) is 0 Å². The number of carbonyl (C=O) groups is 2. The van der Waals surface area contributed by atoms with Crippen LogP contribution in [-0.4, -0.2) is 30.6 Å². The largest absolute Gasteiger partial charge is 0.480 e. The Balaban J connectivity index is 2.08. The van der Waals surface area contributed by atoms with Crippen LogP contribution in [0.15, 0.2) is 48.5 Å². The lowest BCUT2D eigenvalue weighted by Crippen LogP contribution is -2.48. The monoisotopic (exact) mass is 369 g/mol. The van der Waals surface area contributed by atoms with E-state index in [1.807, 2.05) is 62.4 Å². The zero-order valence-electron chi connectivity index (χ0n) is 16.3. The molecule has 0 bridgehead atoms. The minimum Gasteiger partial charge on any atom is -0.480 e. The highest BCUT2D eigenvalue weighted by Crippen LogP contribution is 2.23. The molecule has 0 saturated heterocycles. The first kappa shape index (κ1) is 20.5. The molecule has 0 aliphatic rings. The maximum absolute atomic E-state index is 12.6. The first-order valence-electron chi connectivity index (χ1n) is 9.16. The molecule has 2 atom stereocenters. The predicted octanol–water partition coefficient (Wildman–Crippen LogP) is 3.36. The summed E-state index contributed by atoms with van der Waals surface area (Å²) in [5.74, 6) is -0.114. The molecular formula is C22H27NO4. The third kappa shape index (κ3) is 5.84. The minimum absolute atomic E-state index is 0.258. The molecule has 0 fully saturated rings. The van der Waals surface area contributed by atoms with Crippen LogP contribution in [0.25, 0.3) is 0 Å². The van der Waals surface area contributed by atoms with Crippen LogP contribution in [0.3, 0.4) is 0 Å². The average molecular weight is 369 g/mol. The number of hydrogen-bond acceptors (Lipinski definition) is 4. The highest BCUT2D eigenvalue weighted by atomic mass is 16.5. The second-order valence-corrected chi connectivity index (χ2v) is 6.48. The standard InChI is InChI=1S/C22H27NO4/c1-5-26-22(25)19(14-18-12-7-6-8-13-18)23-21(24)17(4)27-20-15(2)10-9-11-16(20)3/h6-13,17,19H,5,14H2,1-4H3,(H,23,24). The van der Waals surface area contributed by atoms with Crippen LogP contribution in [-0.2, 0) is 20.7 Å². The second-order valence-electron chi connectivity index (χ2n) is 6.48. The third-order valence-corrected chi connectivity index (χ3v) is 4.24. The van der Waals surface area contributed by atoms with Gasteiger partial charge in [0, 0.05) is 6.42 Å². The fraction of sp³-hybridized carbons (Fsp3) is 0.364. The summed E-state index contributed by atoms with van der Waals surface area (Å²) in [5, 5.41) is 2.77. The van der Waals surface area contributed by atoms with Crippen molar-refractivity contribution >= 4 is 11.9 Å². The van der Waals surface area contributed by atoms with Crippen LogP contribution >= 0.6 is 0 Å². The molecule has 0 aliphatic carbocycles. The number of amides is 1. The molecule has 2 aromatic rings. The van der Waals surface area contributed by atoms with Crippen molar-refractivity contribution < 1.29 is 19.1 Å². The normalized spacial score (nSPS) is 12.7. The molecule has 0 heterocycles. The molecule has 0 saturated carbocycles. The fourth-order valence-electron chi connectivity index (χ4n) is 2.79. The van der Waals surface area contributed by atoms with Gasteiger partial charge in [0.15, 0.2) is 6.10 Å². The molecule has 2 aromatic carbocycles. The summed E-state index contributed by atoms with van der Waals surface area (Å²) < 4.78 is 11.0. The van der Waals surface area contributed by atoms with Gasteiger partial charge in [0.05, 0.1) is 6.61 Å². The number of hydrogen-bond donors (Lipinski definition) is 1. The van der Waals surface area contributed by atoms with Crippen molar-refractivity contribution in [3.8, 4) is 5.75 Å². The minimum atomic E-state index is -0.760. The van der Waals surface area contributed by atoms with Gasteiger partial charge in [0.1, 0.15) is 11.8 Å². The lowest BCUT2D eigenvalue weighted by Gasteiger charge is -2.22. The van der Waals surface area contributed by atoms with Crippen molar-refractivity contribution in [3.05, 3.63) is 65.2 Å². The van der Waals surface area contributed by atoms with Gasteiger partial charge < -0.3 is 14.8 Å². The number of nitrogens with one attached hydrogen (secondary N) is 1. The Morgan fingerprint density at radius 3 is 2.22 bits per heavy atom. The fourth-order valence-corrected chi connectivity index (χ4v) is 2.79. The number of ether oxygens (including phenoxy) is 2. The van der Waals surface area contributed by atoms with Gasteiger partial charge in [-0.2, -0.15) is 0 Å². The van der Waals surface area contributed by atoms with Crippen LogP contribution < -0.4 is 10.1 Å². The molecule has 5 nitrogen and oxygen atoms in total. The van der Waals surface area contributed by atoms with Crippen molar-refractivity contribution in [3.63, 3.8) is 0 Å². The van der Waals surface area contributed by atoms with Gasteiger partial charge >= 0.3 is 5.97 Å². The molecule has 2 rings (SSSR count). The van der Waals surface area contributed by atoms with E-state index in [9.17, 15) is 9.59 Å². The van der Waals surface area contributed by atoms with Crippen molar-refractivity contribution in [2.75, 3.05) is 6.61 Å². The lowest BCUT2D eigenvalue weighted by molar-refractivity contribution is -0.148. The van der Waals surface area contributed by atoms with Gasteiger partial charge in [-0.1, -0.05) is 48.5 Å². The van der Waals surface area contributed by atoms with E-state index >= 15 is 0 Å². The number of aryl methyl sites for hydroxylation is 2. The molecule has 5 heteroatoms. The number of esters is 1. The molecule has 0 spiro atoms. The molecule has 1 N–H and O–H groups in total. The van der Waals surface area contributed by atoms with E-state index in [-0.39, 0.29) is 12.5 Å². The molecule has 2 unspecified atom stereocenters. The van der Waals surface area contributed by atoms with Gasteiger partial charge in [0.25, 0.3) is 5.91 Å². The third-order valence-electron chi connectivity index (χ3n) is 4.24. The molecule has 0 aromatic heterocycles. The van der Waals surface area contributed by atoms with Crippen molar-refractivity contribution in [2.24, 2.45) is 0 Å². The molecule has 1 amide bonds. The summed E-state index contributed by atoms with van der Waals surface area (Å²) in [7, 11) is 0. The zero-order valence-corrected chi connectivity index (χ0v) is 16.3. The van der Waals surface area contributed by atoms with Crippen LogP contribution in [0.2, 0.25) is 0 Å². The topological polar surface area (TPSA) is 64.6 Å². The number of benzene rings is 2. The summed E-state index contributed by atoms with van der Waals surface area (Å²) in [5.41, 5.74) is 2.86. The number of rotatable bonds is 8. The Labute approximate surface area is 160 Å². The first-order chi connectivity index (χ1) is 12.9. The van der Waals surface area contributed by atoms with Gasteiger partial charge in [-0.15, -0.1) is 0 Å². The molecule has 144 valence electrons. The molecule has 27 heavy (non-hydrogen) atoms. The van der Waals surface area contributed by atoms with E-state index in [1.54, 1.807) is 13.8 Å². The van der Waals surface area contributed by atoms with E-state index in [2.05, 4.69) is 5.32 Å². The Bertz CT molecular complexity index is 753. The molecule has 0 radical (unpaired) electrons. The quantitative estimate of drug-likeness (QED) is 0.725. The van der Waals surface area contributed by atoms with E-state index in [4.69, 9.17) is 9.47 Å². The van der Waals surface area contributed by atoms with Crippen LogP contribution in [0, 0.1) is 13.8 Å². The Morgan fingerprint density at radius 1 is 1.00 bits per heavy atom. The highest BCUT2D eigenvalue weighted by molar-refractivity contribution is 5.87. The van der Waals surface area contributed by atoms with Crippen molar-refractivity contribution in [1.82, 2.24) is 5.32 Å². The average Bonchev–Trinajstić information content (AvgIpc) is 2.65. The summed E-state index contributed by atoms with van der Waals surface area (Å²) in [6.45, 7) is 7.54. The maximum atomic E-state index is 12.6. The van der Waals surface area contributed by atoms with Crippen LogP contribution in [0.5, 0.6) is 5.75 Å². The Kier molecular flexibility index (Phi) is 7.41. The highest BCUT2D eigenvalue weighted by Gasteiger charge is 2.26. The van der Waals surface area contributed by atoms with Gasteiger partial charge in [0.2, 0.25) is 0 Å². The Morgan fingerprint density at radius 2 is 1.63 bits per heavy atom. The summed E-state index contributed by atoms with van der Waals surface area (Å²) in [6.07, 6.45) is -0.376. The summed E-state index contributed by atoms with van der Waals surface area (Å²) in [6, 6.07) is 14.6. The van der Waals surface area contributed by atoms with Crippen LogP contribution in [0.1, 0.15) is 30.5 Å².